The average Bonchev–Trinajstić information content (AvgIpc) is 3.30. The zero-order valence-corrected chi connectivity index (χ0v) is 16.8. The minimum absolute atomic E-state index is 0.210. The van der Waals surface area contributed by atoms with Gasteiger partial charge in [0, 0.05) is 48.3 Å². The molecule has 0 saturated carbocycles. The van der Waals surface area contributed by atoms with Crippen molar-refractivity contribution in [1.82, 2.24) is 14.3 Å². The normalized spacial score (nSPS) is 16.6. The van der Waals surface area contributed by atoms with E-state index < -0.39 is 0 Å². The van der Waals surface area contributed by atoms with Crippen LogP contribution in [0, 0.1) is 0 Å². The highest BCUT2D eigenvalue weighted by Crippen LogP contribution is 2.27. The van der Waals surface area contributed by atoms with Crippen molar-refractivity contribution in [2.75, 3.05) is 13.1 Å². The summed E-state index contributed by atoms with van der Waals surface area (Å²) in [5, 5.41) is 16.6. The van der Waals surface area contributed by atoms with Crippen molar-refractivity contribution in [3.05, 3.63) is 64.5 Å². The van der Waals surface area contributed by atoms with Crippen LogP contribution in [0.4, 0.5) is 0 Å². The van der Waals surface area contributed by atoms with Crippen molar-refractivity contribution >= 4 is 28.0 Å². The third kappa shape index (κ3) is 5.31. The van der Waals surface area contributed by atoms with Gasteiger partial charge >= 0.3 is 0 Å². The first-order valence-electron chi connectivity index (χ1n) is 8.90. The summed E-state index contributed by atoms with van der Waals surface area (Å²) in [4.78, 5) is 14.9. The van der Waals surface area contributed by atoms with Gasteiger partial charge in [0.15, 0.2) is 0 Å². The first kappa shape index (κ1) is 20.3. The summed E-state index contributed by atoms with van der Waals surface area (Å²) < 4.78 is 9.11. The lowest BCUT2D eigenvalue weighted by atomic mass is 10.2. The molecule has 0 bridgehead atoms. The molecule has 0 amide bonds. The maximum atomic E-state index is 9.73. The zero-order valence-electron chi connectivity index (χ0n) is 15.2. The van der Waals surface area contributed by atoms with E-state index in [9.17, 15) is 5.11 Å². The lowest BCUT2D eigenvalue weighted by Gasteiger charge is -2.18. The Morgan fingerprint density at radius 1 is 1.29 bits per heavy atom. The molecule has 0 aliphatic carbocycles. The molecule has 1 aromatic carbocycles. The van der Waals surface area contributed by atoms with Gasteiger partial charge in [-0.15, -0.1) is 0 Å². The standard InChI is InChI=1S/C19H20BrN3O2.CH2O2/c20-16-1-2-18(15(10-16)11-22-6-4-17(24)12-22)25-13-14-3-7-23-8-5-21-19(23)9-14;2-1-3/h1-3,5,7-10,17,24H,4,6,11-13H2;1H,(H,2,3)/t17-;/m0./s1. The number of hydrogen-bond donors (Lipinski definition) is 2. The second kappa shape index (κ2) is 9.68. The summed E-state index contributed by atoms with van der Waals surface area (Å²) in [5.41, 5.74) is 3.14. The summed E-state index contributed by atoms with van der Waals surface area (Å²) in [6, 6.07) is 10.2. The van der Waals surface area contributed by atoms with Crippen molar-refractivity contribution in [3.63, 3.8) is 0 Å². The Morgan fingerprint density at radius 3 is 2.86 bits per heavy atom. The summed E-state index contributed by atoms with van der Waals surface area (Å²) in [7, 11) is 0. The first-order chi connectivity index (χ1) is 13.6. The van der Waals surface area contributed by atoms with E-state index in [1.54, 1.807) is 6.20 Å². The topological polar surface area (TPSA) is 87.3 Å². The molecule has 1 aliphatic rings. The molecule has 148 valence electrons. The van der Waals surface area contributed by atoms with Gasteiger partial charge in [-0.1, -0.05) is 15.9 Å². The number of ether oxygens (including phenoxy) is 1. The zero-order chi connectivity index (χ0) is 19.9. The number of carboxylic acid groups (broad SMARTS) is 1. The number of aliphatic hydroxyl groups is 1. The Labute approximate surface area is 171 Å². The number of imidazole rings is 1. The Balaban J connectivity index is 0.000000706. The molecular formula is C20H22BrN3O4. The van der Waals surface area contributed by atoms with Gasteiger partial charge in [0.05, 0.1) is 6.10 Å². The summed E-state index contributed by atoms with van der Waals surface area (Å²) in [6.45, 7) is 2.68. The minimum atomic E-state index is -0.250. The number of carbonyl (C=O) groups is 1. The molecule has 3 heterocycles. The Morgan fingerprint density at radius 2 is 2.11 bits per heavy atom. The van der Waals surface area contributed by atoms with E-state index in [1.165, 1.54) is 0 Å². The minimum Gasteiger partial charge on any atom is -0.489 e. The van der Waals surface area contributed by atoms with Crippen LogP contribution >= 0.6 is 15.9 Å². The molecule has 0 unspecified atom stereocenters. The molecule has 2 aromatic heterocycles. The SMILES string of the molecule is O=CO.O[C@H]1CCN(Cc2cc(Br)ccc2OCc2ccn3ccnc3c2)C1. The van der Waals surface area contributed by atoms with Crippen molar-refractivity contribution in [1.29, 1.82) is 0 Å². The van der Waals surface area contributed by atoms with Crippen LogP contribution in [0.3, 0.4) is 0 Å². The van der Waals surface area contributed by atoms with Crippen molar-refractivity contribution in [2.24, 2.45) is 0 Å². The second-order valence-electron chi connectivity index (χ2n) is 6.55. The van der Waals surface area contributed by atoms with E-state index in [0.29, 0.717) is 6.61 Å². The van der Waals surface area contributed by atoms with Gasteiger partial charge in [0.1, 0.15) is 18.0 Å². The van der Waals surface area contributed by atoms with Crippen LogP contribution in [0.15, 0.2) is 53.4 Å². The Hall–Kier alpha value is -2.42. The highest BCUT2D eigenvalue weighted by atomic mass is 79.9. The molecule has 28 heavy (non-hydrogen) atoms. The molecule has 1 fully saturated rings. The monoisotopic (exact) mass is 447 g/mol. The van der Waals surface area contributed by atoms with Crippen LogP contribution < -0.4 is 4.74 Å². The molecule has 8 heteroatoms. The number of likely N-dealkylation sites (tertiary alicyclic amines) is 1. The number of nitrogens with zero attached hydrogens (tertiary/aromatic N) is 3. The number of halogens is 1. The fraction of sp³-hybridized carbons (Fsp3) is 0.300. The highest BCUT2D eigenvalue weighted by molar-refractivity contribution is 9.10. The molecule has 3 aromatic rings. The lowest BCUT2D eigenvalue weighted by molar-refractivity contribution is -0.122. The van der Waals surface area contributed by atoms with Gasteiger partial charge < -0.3 is 19.4 Å². The maximum absolute atomic E-state index is 9.73. The summed E-state index contributed by atoms with van der Waals surface area (Å²) in [5.74, 6) is 0.882. The predicted octanol–water partition coefficient (Wildman–Crippen LogP) is 2.94. The second-order valence-corrected chi connectivity index (χ2v) is 7.47. The van der Waals surface area contributed by atoms with E-state index in [-0.39, 0.29) is 12.6 Å². The van der Waals surface area contributed by atoms with Gasteiger partial charge in [0.2, 0.25) is 0 Å². The number of aromatic nitrogens is 2. The number of benzene rings is 1. The van der Waals surface area contributed by atoms with Crippen molar-refractivity contribution in [2.45, 2.75) is 25.7 Å². The molecule has 7 nitrogen and oxygen atoms in total. The highest BCUT2D eigenvalue weighted by Gasteiger charge is 2.21. The molecule has 0 spiro atoms. The van der Waals surface area contributed by atoms with E-state index >= 15 is 0 Å². The van der Waals surface area contributed by atoms with Gasteiger partial charge in [0.25, 0.3) is 6.47 Å². The number of pyridine rings is 1. The molecule has 0 radical (unpaired) electrons. The Bertz CT molecular complexity index is 931. The van der Waals surface area contributed by atoms with Crippen molar-refractivity contribution < 1.29 is 19.7 Å². The van der Waals surface area contributed by atoms with Crippen LogP contribution in [0.25, 0.3) is 5.65 Å². The van der Waals surface area contributed by atoms with Gasteiger partial charge in [-0.2, -0.15) is 0 Å². The number of hydrogen-bond acceptors (Lipinski definition) is 5. The average molecular weight is 448 g/mol. The third-order valence-electron chi connectivity index (χ3n) is 4.52. The molecule has 1 atom stereocenters. The summed E-state index contributed by atoms with van der Waals surface area (Å²) in [6.07, 6.45) is 6.34. The first-order valence-corrected chi connectivity index (χ1v) is 9.69. The lowest BCUT2D eigenvalue weighted by Crippen LogP contribution is -2.21. The molecular weight excluding hydrogens is 426 g/mol. The van der Waals surface area contributed by atoms with E-state index in [1.807, 2.05) is 41.1 Å². The number of rotatable bonds is 5. The predicted molar refractivity (Wildman–Crippen MR) is 108 cm³/mol. The number of aliphatic hydroxyl groups excluding tert-OH is 1. The van der Waals surface area contributed by atoms with Crippen LogP contribution in [0.1, 0.15) is 17.5 Å². The molecule has 1 saturated heterocycles. The quantitative estimate of drug-likeness (QED) is 0.584. The third-order valence-corrected chi connectivity index (χ3v) is 5.01. The van der Waals surface area contributed by atoms with Gasteiger partial charge in [-0.25, -0.2) is 4.98 Å². The largest absolute Gasteiger partial charge is 0.489 e. The van der Waals surface area contributed by atoms with Gasteiger partial charge in [-0.3, -0.25) is 9.69 Å². The Kier molecular flexibility index (Phi) is 7.02. The van der Waals surface area contributed by atoms with Gasteiger partial charge in [-0.05, 0) is 42.3 Å². The van der Waals surface area contributed by atoms with E-state index in [4.69, 9.17) is 14.6 Å². The molecule has 2 N–H and O–H groups in total. The van der Waals surface area contributed by atoms with Crippen LogP contribution in [0.5, 0.6) is 5.75 Å². The smallest absolute Gasteiger partial charge is 0.290 e. The van der Waals surface area contributed by atoms with Crippen LogP contribution in [0.2, 0.25) is 0 Å². The molecule has 4 rings (SSSR count). The fourth-order valence-corrected chi connectivity index (χ4v) is 3.62. The number of β-amino-alcohol motifs (C(OH)–C–C–N with tert-alkyl or cyclic N) is 1. The van der Waals surface area contributed by atoms with E-state index in [2.05, 4.69) is 31.9 Å². The van der Waals surface area contributed by atoms with Crippen molar-refractivity contribution in [3.8, 4) is 5.75 Å². The number of fused-ring (bicyclic) bond motifs is 1. The molecule has 1 aliphatic heterocycles. The van der Waals surface area contributed by atoms with Crippen LogP contribution in [-0.4, -0.2) is 50.2 Å². The fourth-order valence-electron chi connectivity index (χ4n) is 3.21. The summed E-state index contributed by atoms with van der Waals surface area (Å²) >= 11 is 3.54. The van der Waals surface area contributed by atoms with E-state index in [0.717, 1.165) is 53.1 Å². The van der Waals surface area contributed by atoms with Crippen LogP contribution in [-0.2, 0) is 17.9 Å². The maximum Gasteiger partial charge on any atom is 0.290 e.